The number of carbonyl (C=O) groups is 1. The molecule has 5 nitrogen and oxygen atoms in total. The number of hydrogen-bond acceptors (Lipinski definition) is 5. The van der Waals surface area contributed by atoms with E-state index in [4.69, 9.17) is 11.5 Å². The third-order valence-corrected chi connectivity index (χ3v) is 1.89. The second-order valence-corrected chi connectivity index (χ2v) is 2.97. The molecule has 1 aromatic rings. The van der Waals surface area contributed by atoms with E-state index in [-0.39, 0.29) is 6.61 Å². The zero-order valence-electron chi connectivity index (χ0n) is 8.80. The minimum absolute atomic E-state index is 0.208. The molecule has 5 heteroatoms. The van der Waals surface area contributed by atoms with Crippen molar-refractivity contribution >= 4 is 11.8 Å². The van der Waals surface area contributed by atoms with Gasteiger partial charge in [-0.3, -0.25) is 0 Å². The average molecular weight is 220 g/mol. The number of nitrogens with zero attached hydrogens (tertiary/aromatic N) is 1. The van der Waals surface area contributed by atoms with Crippen LogP contribution >= 0.6 is 0 Å². The molecule has 0 spiro atoms. The molecule has 0 fully saturated rings. The van der Waals surface area contributed by atoms with Gasteiger partial charge in [0.2, 0.25) is 0 Å². The van der Waals surface area contributed by atoms with Gasteiger partial charge in [-0.05, 0) is 12.1 Å². The number of aromatic nitrogens is 1. The molecule has 1 atom stereocenters. The molecule has 0 aliphatic rings. The Morgan fingerprint density at radius 1 is 1.81 bits per heavy atom. The maximum absolute atomic E-state index is 11.2. The second kappa shape index (κ2) is 5.73. The Kier molecular flexibility index (Phi) is 4.30. The van der Waals surface area contributed by atoms with Crippen LogP contribution in [0.15, 0.2) is 18.3 Å². The first-order chi connectivity index (χ1) is 7.71. The van der Waals surface area contributed by atoms with Crippen LogP contribution in [-0.4, -0.2) is 35.8 Å². The van der Waals surface area contributed by atoms with E-state index in [1.165, 1.54) is 25.4 Å². The van der Waals surface area contributed by atoms with E-state index in [2.05, 4.69) is 21.0 Å². The molecule has 0 radical (unpaired) electrons. The Bertz CT molecular complexity index is 412. The van der Waals surface area contributed by atoms with Gasteiger partial charge in [-0.1, -0.05) is 5.92 Å². The molecule has 0 amide bonds. The second-order valence-electron chi connectivity index (χ2n) is 2.97. The SMILES string of the molecule is C#CC(CO)Nc1cc(C(=O)OC)ccn1. The van der Waals surface area contributed by atoms with Gasteiger partial charge in [0.15, 0.2) is 0 Å². The number of aliphatic hydroxyl groups is 1. The van der Waals surface area contributed by atoms with Gasteiger partial charge in [0.25, 0.3) is 0 Å². The van der Waals surface area contributed by atoms with Crippen LogP contribution in [0.2, 0.25) is 0 Å². The van der Waals surface area contributed by atoms with Crippen molar-refractivity contribution in [3.63, 3.8) is 0 Å². The molecular formula is C11H12N2O3. The van der Waals surface area contributed by atoms with Crippen LogP contribution in [0, 0.1) is 12.3 Å². The predicted molar refractivity (Wildman–Crippen MR) is 58.9 cm³/mol. The van der Waals surface area contributed by atoms with Crippen LogP contribution in [0.25, 0.3) is 0 Å². The van der Waals surface area contributed by atoms with Crippen molar-refractivity contribution < 1.29 is 14.6 Å². The third-order valence-electron chi connectivity index (χ3n) is 1.89. The van der Waals surface area contributed by atoms with Crippen molar-refractivity contribution in [2.45, 2.75) is 6.04 Å². The third kappa shape index (κ3) is 2.97. The normalized spacial score (nSPS) is 11.3. The van der Waals surface area contributed by atoms with Gasteiger partial charge in [-0.25, -0.2) is 9.78 Å². The number of rotatable bonds is 4. The first-order valence-electron chi connectivity index (χ1n) is 4.59. The van der Waals surface area contributed by atoms with Crippen LogP contribution in [-0.2, 0) is 4.74 Å². The Morgan fingerprint density at radius 3 is 3.12 bits per heavy atom. The number of hydrogen-bond donors (Lipinski definition) is 2. The summed E-state index contributed by atoms with van der Waals surface area (Å²) < 4.78 is 4.56. The Balaban J connectivity index is 2.83. The van der Waals surface area contributed by atoms with Crippen LogP contribution in [0.1, 0.15) is 10.4 Å². The molecule has 2 N–H and O–H groups in total. The van der Waals surface area contributed by atoms with Crippen LogP contribution < -0.4 is 5.32 Å². The van der Waals surface area contributed by atoms with Crippen molar-refractivity contribution in [2.24, 2.45) is 0 Å². The van der Waals surface area contributed by atoms with Crippen molar-refractivity contribution in [2.75, 3.05) is 19.0 Å². The summed E-state index contributed by atoms with van der Waals surface area (Å²) in [7, 11) is 1.30. The molecular weight excluding hydrogens is 208 g/mol. The molecule has 0 aromatic carbocycles. The van der Waals surface area contributed by atoms with Crippen molar-refractivity contribution in [1.29, 1.82) is 0 Å². The molecule has 1 heterocycles. The number of pyridine rings is 1. The highest BCUT2D eigenvalue weighted by Crippen LogP contribution is 2.08. The summed E-state index contributed by atoms with van der Waals surface area (Å²) in [5.41, 5.74) is 0.369. The predicted octanol–water partition coefficient (Wildman–Crippen LogP) is 0.274. The summed E-state index contributed by atoms with van der Waals surface area (Å²) in [6.45, 7) is -0.208. The van der Waals surface area contributed by atoms with E-state index in [1.54, 1.807) is 0 Å². The topological polar surface area (TPSA) is 71.5 Å². The number of anilines is 1. The van der Waals surface area contributed by atoms with Gasteiger partial charge in [0, 0.05) is 6.20 Å². The summed E-state index contributed by atoms with van der Waals surface area (Å²) in [6.07, 6.45) is 6.62. The standard InChI is InChI=1S/C11H12N2O3/c1-3-9(7-14)13-10-6-8(4-5-12-10)11(15)16-2/h1,4-6,9,14H,7H2,2H3,(H,12,13). The van der Waals surface area contributed by atoms with Gasteiger partial charge in [0.05, 0.1) is 19.3 Å². The number of carbonyl (C=O) groups excluding carboxylic acids is 1. The van der Waals surface area contributed by atoms with Crippen molar-refractivity contribution in [3.05, 3.63) is 23.9 Å². The minimum atomic E-state index is -0.527. The van der Waals surface area contributed by atoms with E-state index >= 15 is 0 Å². The lowest BCUT2D eigenvalue weighted by Crippen LogP contribution is -2.22. The molecule has 1 rings (SSSR count). The number of esters is 1. The highest BCUT2D eigenvalue weighted by molar-refractivity contribution is 5.90. The zero-order chi connectivity index (χ0) is 12.0. The summed E-state index contributed by atoms with van der Waals surface area (Å²) in [4.78, 5) is 15.2. The van der Waals surface area contributed by atoms with Crippen LogP contribution in [0.4, 0.5) is 5.82 Å². The smallest absolute Gasteiger partial charge is 0.338 e. The lowest BCUT2D eigenvalue weighted by atomic mass is 10.2. The first-order valence-corrected chi connectivity index (χ1v) is 4.59. The fourth-order valence-corrected chi connectivity index (χ4v) is 1.07. The van der Waals surface area contributed by atoms with Crippen molar-refractivity contribution in [3.8, 4) is 12.3 Å². The molecule has 0 saturated heterocycles. The van der Waals surface area contributed by atoms with Crippen molar-refractivity contribution in [1.82, 2.24) is 4.98 Å². The monoisotopic (exact) mass is 220 g/mol. The molecule has 0 aliphatic carbocycles. The van der Waals surface area contributed by atoms with Crippen LogP contribution in [0.5, 0.6) is 0 Å². The lowest BCUT2D eigenvalue weighted by molar-refractivity contribution is 0.0600. The van der Waals surface area contributed by atoms with E-state index in [1.807, 2.05) is 0 Å². The largest absolute Gasteiger partial charge is 0.465 e. The molecule has 16 heavy (non-hydrogen) atoms. The first kappa shape index (κ1) is 12.0. The van der Waals surface area contributed by atoms with Crippen LogP contribution in [0.3, 0.4) is 0 Å². The summed E-state index contributed by atoms with van der Waals surface area (Å²) in [5, 5.41) is 11.7. The summed E-state index contributed by atoms with van der Waals surface area (Å²) in [5.74, 6) is 2.31. The number of aliphatic hydroxyl groups excluding tert-OH is 1. The van der Waals surface area contributed by atoms with Gasteiger partial charge in [-0.2, -0.15) is 0 Å². The fourth-order valence-electron chi connectivity index (χ4n) is 1.07. The summed E-state index contributed by atoms with van der Waals surface area (Å²) >= 11 is 0. The van der Waals surface area contributed by atoms with E-state index < -0.39 is 12.0 Å². The van der Waals surface area contributed by atoms with Gasteiger partial charge in [-0.15, -0.1) is 6.42 Å². The lowest BCUT2D eigenvalue weighted by Gasteiger charge is -2.10. The molecule has 0 saturated carbocycles. The highest BCUT2D eigenvalue weighted by atomic mass is 16.5. The van der Waals surface area contributed by atoms with Gasteiger partial charge >= 0.3 is 5.97 Å². The van der Waals surface area contributed by atoms with E-state index in [0.29, 0.717) is 11.4 Å². The molecule has 0 bridgehead atoms. The fraction of sp³-hybridized carbons (Fsp3) is 0.273. The minimum Gasteiger partial charge on any atom is -0.465 e. The number of methoxy groups -OCH3 is 1. The zero-order valence-corrected chi connectivity index (χ0v) is 8.80. The van der Waals surface area contributed by atoms with E-state index in [0.717, 1.165) is 0 Å². The number of terminal acetylenes is 1. The van der Waals surface area contributed by atoms with Gasteiger partial charge < -0.3 is 15.2 Å². The molecule has 84 valence electrons. The average Bonchev–Trinajstić information content (AvgIpc) is 2.35. The molecule has 0 aliphatic heterocycles. The Morgan fingerprint density at radius 2 is 2.56 bits per heavy atom. The Labute approximate surface area is 93.5 Å². The number of ether oxygens (including phenoxy) is 1. The quantitative estimate of drug-likeness (QED) is 0.563. The maximum Gasteiger partial charge on any atom is 0.338 e. The summed E-state index contributed by atoms with van der Waals surface area (Å²) in [6, 6.07) is 2.51. The maximum atomic E-state index is 11.2. The molecule has 1 aromatic heterocycles. The van der Waals surface area contributed by atoms with E-state index in [9.17, 15) is 4.79 Å². The Hall–Kier alpha value is -2.06. The number of nitrogens with one attached hydrogen (secondary N) is 1. The molecule has 1 unspecified atom stereocenters. The highest BCUT2D eigenvalue weighted by Gasteiger charge is 2.08. The van der Waals surface area contributed by atoms with Gasteiger partial charge in [0.1, 0.15) is 11.9 Å².